The molecule has 0 radical (unpaired) electrons. The van der Waals surface area contributed by atoms with Gasteiger partial charge in [0.05, 0.1) is 11.3 Å². The number of anilines is 4. The first-order chi connectivity index (χ1) is 12.8. The number of carbonyl (C=O) groups excluding carboxylic acids is 1. The highest BCUT2D eigenvalue weighted by atomic mass is 19.3. The van der Waals surface area contributed by atoms with Gasteiger partial charge in [-0.1, -0.05) is 0 Å². The van der Waals surface area contributed by atoms with Gasteiger partial charge in [-0.25, -0.2) is 23.7 Å². The molecule has 0 spiro atoms. The van der Waals surface area contributed by atoms with Crippen molar-refractivity contribution in [3.63, 3.8) is 0 Å². The number of nitrogens with zero attached hydrogens (tertiary/aromatic N) is 3. The molecule has 0 unspecified atom stereocenters. The molecule has 0 aromatic carbocycles. The van der Waals surface area contributed by atoms with Gasteiger partial charge in [0.2, 0.25) is 0 Å². The number of hydrogen-bond donors (Lipinski definition) is 4. The number of nitrogens with one attached hydrogen (secondary N) is 3. The molecule has 0 atom stereocenters. The van der Waals surface area contributed by atoms with Crippen LogP contribution in [0.4, 0.5) is 31.9 Å². The predicted octanol–water partition coefficient (Wildman–Crippen LogP) is 2.85. The third-order valence-corrected chi connectivity index (χ3v) is 3.72. The van der Waals surface area contributed by atoms with Crippen LogP contribution in [0.1, 0.15) is 49.3 Å². The van der Waals surface area contributed by atoms with Crippen LogP contribution < -0.4 is 21.7 Å². The molecule has 1 amide bonds. The molecule has 1 aliphatic carbocycles. The van der Waals surface area contributed by atoms with Crippen LogP contribution in [0.3, 0.4) is 0 Å². The number of rotatable bonds is 7. The topological polar surface area (TPSA) is 118 Å². The van der Waals surface area contributed by atoms with E-state index in [4.69, 9.17) is 5.73 Å². The van der Waals surface area contributed by atoms with Crippen molar-refractivity contribution in [1.29, 1.82) is 0 Å². The van der Waals surface area contributed by atoms with Gasteiger partial charge in [-0.05, 0) is 26.7 Å². The summed E-state index contributed by atoms with van der Waals surface area (Å²) in [6.07, 6.45) is 0.554. The molecule has 0 bridgehead atoms. The van der Waals surface area contributed by atoms with Gasteiger partial charge in [0, 0.05) is 30.4 Å². The summed E-state index contributed by atoms with van der Waals surface area (Å²) in [6.45, 7) is 3.88. The summed E-state index contributed by atoms with van der Waals surface area (Å²) in [5, 5.41) is 8.94. The maximum Gasteiger partial charge on any atom is 0.297 e. The summed E-state index contributed by atoms with van der Waals surface area (Å²) in [6, 6.07) is 3.26. The maximum atomic E-state index is 12.8. The van der Waals surface area contributed by atoms with Crippen molar-refractivity contribution in [1.82, 2.24) is 20.3 Å². The summed E-state index contributed by atoms with van der Waals surface area (Å²) in [7, 11) is 0. The van der Waals surface area contributed by atoms with Crippen molar-refractivity contribution in [2.24, 2.45) is 0 Å². The third-order valence-electron chi connectivity index (χ3n) is 3.72. The molecule has 8 nitrogen and oxygen atoms in total. The van der Waals surface area contributed by atoms with E-state index in [9.17, 15) is 13.6 Å². The van der Waals surface area contributed by atoms with Gasteiger partial charge in [-0.3, -0.25) is 4.79 Å². The highest BCUT2D eigenvalue weighted by Crippen LogP contribution is 2.25. The lowest BCUT2D eigenvalue weighted by atomic mass is 10.2. The number of amides is 1. The summed E-state index contributed by atoms with van der Waals surface area (Å²) < 4.78 is 25.7. The minimum atomic E-state index is -2.84. The zero-order valence-corrected chi connectivity index (χ0v) is 15.0. The lowest BCUT2D eigenvalue weighted by Crippen LogP contribution is -2.27. The molecule has 0 aliphatic heterocycles. The van der Waals surface area contributed by atoms with Crippen LogP contribution in [-0.2, 0) is 0 Å². The predicted molar refractivity (Wildman–Crippen MR) is 98.2 cm³/mol. The zero-order chi connectivity index (χ0) is 19.6. The third kappa shape index (κ3) is 4.99. The highest BCUT2D eigenvalue weighted by Gasteiger charge is 2.25. The lowest BCUT2D eigenvalue weighted by molar-refractivity contribution is 0.0951. The molecule has 2 aromatic heterocycles. The minimum Gasteiger partial charge on any atom is -0.384 e. The van der Waals surface area contributed by atoms with Crippen molar-refractivity contribution in [3.8, 4) is 0 Å². The number of nitrogens with two attached hydrogens (primary N) is 1. The van der Waals surface area contributed by atoms with Gasteiger partial charge in [-0.15, -0.1) is 0 Å². The van der Waals surface area contributed by atoms with Gasteiger partial charge >= 0.3 is 0 Å². The van der Waals surface area contributed by atoms with Crippen LogP contribution in [-0.4, -0.2) is 32.9 Å². The standard InChI is InChI=1S/C17H21F2N7O/c1-8(2)22-11-5-13(21-7-10(11)17(27)23-9-3-4-9)25-14-6-12(20)24-16(26-14)15(18)19/h5-9,15H,3-4H2,1-2H3,(H,23,27)(H4,20,21,22,24,25,26). The van der Waals surface area contributed by atoms with Crippen LogP contribution in [0.25, 0.3) is 0 Å². The Morgan fingerprint density at radius 3 is 2.59 bits per heavy atom. The number of nitrogen functional groups attached to an aromatic ring is 1. The molecule has 1 saturated carbocycles. The van der Waals surface area contributed by atoms with Gasteiger partial charge in [-0.2, -0.15) is 0 Å². The van der Waals surface area contributed by atoms with Crippen molar-refractivity contribution >= 4 is 29.0 Å². The first-order valence-electron chi connectivity index (χ1n) is 8.59. The van der Waals surface area contributed by atoms with Gasteiger partial charge in [0.25, 0.3) is 12.3 Å². The Morgan fingerprint density at radius 1 is 1.22 bits per heavy atom. The normalized spacial score (nSPS) is 13.7. The quantitative estimate of drug-likeness (QED) is 0.586. The molecular weight excluding hydrogens is 356 g/mol. The maximum absolute atomic E-state index is 12.8. The molecule has 5 N–H and O–H groups in total. The first-order valence-corrected chi connectivity index (χ1v) is 8.59. The van der Waals surface area contributed by atoms with E-state index >= 15 is 0 Å². The second-order valence-corrected chi connectivity index (χ2v) is 6.62. The van der Waals surface area contributed by atoms with Crippen LogP contribution in [0.2, 0.25) is 0 Å². The number of alkyl halides is 2. The summed E-state index contributed by atoms with van der Waals surface area (Å²) in [4.78, 5) is 23.8. The summed E-state index contributed by atoms with van der Waals surface area (Å²) >= 11 is 0. The molecule has 144 valence electrons. The number of aromatic nitrogens is 3. The Hall–Kier alpha value is -3.04. The van der Waals surface area contributed by atoms with Crippen molar-refractivity contribution < 1.29 is 13.6 Å². The van der Waals surface area contributed by atoms with Crippen LogP contribution >= 0.6 is 0 Å². The number of pyridine rings is 1. The van der Waals surface area contributed by atoms with Crippen LogP contribution in [0, 0.1) is 0 Å². The second-order valence-electron chi connectivity index (χ2n) is 6.62. The van der Waals surface area contributed by atoms with E-state index < -0.39 is 12.2 Å². The molecule has 2 aromatic rings. The van der Waals surface area contributed by atoms with E-state index in [1.807, 2.05) is 13.8 Å². The molecule has 0 saturated heterocycles. The van der Waals surface area contributed by atoms with E-state index in [2.05, 4.69) is 30.9 Å². The average Bonchev–Trinajstić information content (AvgIpc) is 3.37. The summed E-state index contributed by atoms with van der Waals surface area (Å²) in [5.74, 6) is -0.524. The smallest absolute Gasteiger partial charge is 0.297 e. The second kappa shape index (κ2) is 7.68. The SMILES string of the molecule is CC(C)Nc1cc(Nc2cc(N)nc(C(F)F)n2)ncc1C(=O)NC1CC1. The highest BCUT2D eigenvalue weighted by molar-refractivity contribution is 6.00. The Balaban J connectivity index is 1.86. The number of halogens is 2. The van der Waals surface area contributed by atoms with Gasteiger partial charge in [0.15, 0.2) is 5.82 Å². The Morgan fingerprint density at radius 2 is 1.96 bits per heavy atom. The van der Waals surface area contributed by atoms with Crippen LogP contribution in [0.5, 0.6) is 0 Å². The zero-order valence-electron chi connectivity index (χ0n) is 15.0. The number of hydrogen-bond acceptors (Lipinski definition) is 7. The molecular formula is C17H21F2N7O. The first kappa shape index (κ1) is 18.7. The Labute approximate surface area is 155 Å². The van der Waals surface area contributed by atoms with Crippen LogP contribution in [0.15, 0.2) is 18.3 Å². The monoisotopic (exact) mass is 377 g/mol. The molecule has 27 heavy (non-hydrogen) atoms. The fourth-order valence-electron chi connectivity index (χ4n) is 2.40. The average molecular weight is 377 g/mol. The van der Waals surface area contributed by atoms with E-state index in [1.165, 1.54) is 12.3 Å². The Bertz CT molecular complexity index is 840. The molecule has 1 aliphatic rings. The van der Waals surface area contributed by atoms with Crippen molar-refractivity contribution in [3.05, 3.63) is 29.7 Å². The molecule has 10 heteroatoms. The van der Waals surface area contributed by atoms with E-state index in [1.54, 1.807) is 6.07 Å². The molecule has 2 heterocycles. The van der Waals surface area contributed by atoms with Crippen molar-refractivity contribution in [2.45, 2.75) is 45.2 Å². The fourth-order valence-corrected chi connectivity index (χ4v) is 2.40. The van der Waals surface area contributed by atoms with Gasteiger partial charge < -0.3 is 21.7 Å². The van der Waals surface area contributed by atoms with E-state index in [-0.39, 0.29) is 29.6 Å². The lowest BCUT2D eigenvalue weighted by Gasteiger charge is -2.16. The summed E-state index contributed by atoms with van der Waals surface area (Å²) in [5.41, 5.74) is 6.55. The largest absolute Gasteiger partial charge is 0.384 e. The van der Waals surface area contributed by atoms with E-state index in [0.717, 1.165) is 12.8 Å². The molecule has 3 rings (SSSR count). The van der Waals surface area contributed by atoms with E-state index in [0.29, 0.717) is 17.1 Å². The van der Waals surface area contributed by atoms with Gasteiger partial charge in [0.1, 0.15) is 17.5 Å². The fraction of sp³-hybridized carbons (Fsp3) is 0.412. The van der Waals surface area contributed by atoms with Crippen molar-refractivity contribution in [2.75, 3.05) is 16.4 Å². The Kier molecular flexibility index (Phi) is 5.33. The molecule has 1 fully saturated rings. The minimum absolute atomic E-state index is 0.0767. The number of carbonyl (C=O) groups is 1.